The molecule has 0 aliphatic rings. The quantitative estimate of drug-likeness (QED) is 0.558. The number of rotatable bonds is 8. The van der Waals surface area contributed by atoms with Gasteiger partial charge < -0.3 is 5.32 Å². The Balaban J connectivity index is 1.43. The van der Waals surface area contributed by atoms with Crippen LogP contribution in [0.25, 0.3) is 11.4 Å². The molecule has 0 fully saturated rings. The summed E-state index contributed by atoms with van der Waals surface area (Å²) in [7, 11) is 0. The second-order valence-corrected chi connectivity index (χ2v) is 7.67. The number of hydrogen-bond acceptors (Lipinski definition) is 4. The van der Waals surface area contributed by atoms with Crippen molar-refractivity contribution >= 4 is 17.7 Å². The van der Waals surface area contributed by atoms with Crippen molar-refractivity contribution < 1.29 is 9.18 Å². The van der Waals surface area contributed by atoms with Gasteiger partial charge in [-0.2, -0.15) is 0 Å². The number of benzene rings is 2. The summed E-state index contributed by atoms with van der Waals surface area (Å²) in [5.41, 5.74) is 2.86. The van der Waals surface area contributed by atoms with Crippen molar-refractivity contribution in [2.45, 2.75) is 31.3 Å². The zero-order chi connectivity index (χ0) is 19.9. The Labute approximate surface area is 168 Å². The van der Waals surface area contributed by atoms with Crippen LogP contribution in [0.5, 0.6) is 0 Å². The summed E-state index contributed by atoms with van der Waals surface area (Å²) in [5.74, 6) is 0.627. The summed E-state index contributed by atoms with van der Waals surface area (Å²) in [4.78, 5) is 16.3. The summed E-state index contributed by atoms with van der Waals surface area (Å²) in [6.45, 7) is 4.91. The van der Waals surface area contributed by atoms with Crippen molar-refractivity contribution in [3.05, 3.63) is 65.5 Å². The molecule has 0 aliphatic carbocycles. The Hall–Kier alpha value is -2.67. The fourth-order valence-electron chi connectivity index (χ4n) is 2.68. The van der Waals surface area contributed by atoms with E-state index in [1.807, 2.05) is 0 Å². The van der Waals surface area contributed by atoms with E-state index in [1.54, 1.807) is 18.2 Å². The molecule has 0 saturated heterocycles. The number of nitrogens with one attached hydrogen (secondary N) is 2. The zero-order valence-electron chi connectivity index (χ0n) is 15.9. The van der Waals surface area contributed by atoms with Crippen molar-refractivity contribution in [2.24, 2.45) is 0 Å². The van der Waals surface area contributed by atoms with E-state index >= 15 is 0 Å². The second kappa shape index (κ2) is 9.50. The molecule has 0 atom stereocenters. The average molecular weight is 399 g/mol. The predicted molar refractivity (Wildman–Crippen MR) is 110 cm³/mol. The summed E-state index contributed by atoms with van der Waals surface area (Å²) in [5, 5.41) is 10.1. The normalized spacial score (nSPS) is 11.0. The lowest BCUT2D eigenvalue weighted by molar-refractivity contribution is -0.118. The maximum absolute atomic E-state index is 13.8. The molecular weight excluding hydrogens is 375 g/mol. The molecule has 28 heavy (non-hydrogen) atoms. The highest BCUT2D eigenvalue weighted by atomic mass is 32.2. The van der Waals surface area contributed by atoms with Gasteiger partial charge in [0.05, 0.1) is 11.3 Å². The van der Waals surface area contributed by atoms with E-state index < -0.39 is 0 Å². The third-order valence-electron chi connectivity index (χ3n) is 4.31. The summed E-state index contributed by atoms with van der Waals surface area (Å²) in [6.07, 6.45) is 0.785. The van der Waals surface area contributed by atoms with Crippen LogP contribution in [0.15, 0.2) is 53.7 Å². The molecule has 3 aromatic rings. The maximum Gasteiger partial charge on any atom is 0.230 e. The van der Waals surface area contributed by atoms with Gasteiger partial charge in [0.25, 0.3) is 0 Å². The number of amides is 1. The minimum atomic E-state index is -0.366. The number of nitrogens with zero attached hydrogens (tertiary/aromatic N) is 2. The number of H-pyrrole nitrogens is 1. The van der Waals surface area contributed by atoms with E-state index in [9.17, 15) is 9.18 Å². The van der Waals surface area contributed by atoms with Gasteiger partial charge in [-0.05, 0) is 35.6 Å². The van der Waals surface area contributed by atoms with Crippen LogP contribution in [-0.4, -0.2) is 33.4 Å². The van der Waals surface area contributed by atoms with Crippen molar-refractivity contribution in [3.63, 3.8) is 0 Å². The summed E-state index contributed by atoms with van der Waals surface area (Å²) in [6, 6.07) is 14.8. The van der Waals surface area contributed by atoms with Gasteiger partial charge >= 0.3 is 0 Å². The van der Waals surface area contributed by atoms with Gasteiger partial charge in [0.15, 0.2) is 5.82 Å². The average Bonchev–Trinajstić information content (AvgIpc) is 3.16. The van der Waals surface area contributed by atoms with Gasteiger partial charge in [-0.15, -0.1) is 5.10 Å². The fraction of sp³-hybridized carbons (Fsp3) is 0.286. The van der Waals surface area contributed by atoms with Crippen LogP contribution >= 0.6 is 11.8 Å². The highest BCUT2D eigenvalue weighted by Gasteiger charge is 2.11. The molecule has 0 aliphatic heterocycles. The first kappa shape index (κ1) is 20.1. The van der Waals surface area contributed by atoms with Gasteiger partial charge in [0, 0.05) is 6.54 Å². The van der Waals surface area contributed by atoms with Crippen molar-refractivity contribution in [1.82, 2.24) is 20.5 Å². The van der Waals surface area contributed by atoms with E-state index in [2.05, 4.69) is 58.6 Å². The Morgan fingerprint density at radius 3 is 2.64 bits per heavy atom. The second-order valence-electron chi connectivity index (χ2n) is 6.73. The first-order chi connectivity index (χ1) is 13.5. The smallest absolute Gasteiger partial charge is 0.230 e. The lowest BCUT2D eigenvalue weighted by Crippen LogP contribution is -2.27. The number of aromatic amines is 1. The van der Waals surface area contributed by atoms with Crippen LogP contribution < -0.4 is 5.32 Å². The lowest BCUT2D eigenvalue weighted by Gasteiger charge is -2.07. The number of carbonyl (C=O) groups is 1. The van der Waals surface area contributed by atoms with Crippen molar-refractivity contribution in [2.75, 3.05) is 12.3 Å². The SMILES string of the molecule is CC(C)c1ccc(CCNC(=O)CSc2n[nH]c(-c3ccccc3F)n2)cc1. The highest BCUT2D eigenvalue weighted by molar-refractivity contribution is 7.99. The van der Waals surface area contributed by atoms with E-state index in [0.717, 1.165) is 6.42 Å². The molecule has 0 radical (unpaired) electrons. The van der Waals surface area contributed by atoms with Crippen LogP contribution in [0, 0.1) is 5.82 Å². The van der Waals surface area contributed by atoms with Gasteiger partial charge in [0.2, 0.25) is 11.1 Å². The molecule has 5 nitrogen and oxygen atoms in total. The first-order valence-electron chi connectivity index (χ1n) is 9.18. The molecule has 0 spiro atoms. The fourth-order valence-corrected chi connectivity index (χ4v) is 3.31. The zero-order valence-corrected chi connectivity index (χ0v) is 16.7. The molecule has 146 valence electrons. The topological polar surface area (TPSA) is 70.7 Å². The standard InChI is InChI=1S/C21H23FN4OS/c1-14(2)16-9-7-15(8-10-16)11-12-23-19(27)13-28-21-24-20(25-26-21)17-5-3-4-6-18(17)22/h3-10,14H,11-13H2,1-2H3,(H,23,27)(H,24,25,26). The van der Waals surface area contributed by atoms with Gasteiger partial charge in [0.1, 0.15) is 5.82 Å². The summed E-state index contributed by atoms with van der Waals surface area (Å²) < 4.78 is 13.8. The molecule has 1 aromatic heterocycles. The van der Waals surface area contributed by atoms with Crippen LogP contribution in [0.2, 0.25) is 0 Å². The van der Waals surface area contributed by atoms with Crippen LogP contribution in [-0.2, 0) is 11.2 Å². The third kappa shape index (κ3) is 5.42. The molecule has 3 rings (SSSR count). The molecule has 0 unspecified atom stereocenters. The number of halogens is 1. The van der Waals surface area contributed by atoms with Crippen LogP contribution in [0.1, 0.15) is 30.9 Å². The minimum Gasteiger partial charge on any atom is -0.355 e. The first-order valence-corrected chi connectivity index (χ1v) is 10.2. The van der Waals surface area contributed by atoms with Gasteiger partial charge in [-0.25, -0.2) is 9.37 Å². The van der Waals surface area contributed by atoms with Gasteiger partial charge in [-0.3, -0.25) is 9.89 Å². The number of carbonyl (C=O) groups excluding carboxylic acids is 1. The molecular formula is C21H23FN4OS. The predicted octanol–water partition coefficient (Wildman–Crippen LogP) is 4.19. The van der Waals surface area contributed by atoms with E-state index in [4.69, 9.17) is 0 Å². The van der Waals surface area contributed by atoms with E-state index in [0.29, 0.717) is 29.0 Å². The molecule has 2 N–H and O–H groups in total. The highest BCUT2D eigenvalue weighted by Crippen LogP contribution is 2.21. The monoisotopic (exact) mass is 398 g/mol. The Morgan fingerprint density at radius 1 is 1.18 bits per heavy atom. The maximum atomic E-state index is 13.8. The van der Waals surface area contributed by atoms with Crippen LogP contribution in [0.4, 0.5) is 4.39 Å². The molecule has 1 amide bonds. The minimum absolute atomic E-state index is 0.0824. The Bertz CT molecular complexity index is 924. The number of thioether (sulfide) groups is 1. The van der Waals surface area contributed by atoms with E-state index in [1.165, 1.54) is 29.0 Å². The van der Waals surface area contributed by atoms with Crippen LogP contribution in [0.3, 0.4) is 0 Å². The van der Waals surface area contributed by atoms with Crippen molar-refractivity contribution in [3.8, 4) is 11.4 Å². The molecule has 0 bridgehead atoms. The molecule has 2 aromatic carbocycles. The lowest BCUT2D eigenvalue weighted by atomic mass is 10.0. The van der Waals surface area contributed by atoms with Gasteiger partial charge in [-0.1, -0.05) is 62.0 Å². The largest absolute Gasteiger partial charge is 0.355 e. The third-order valence-corrected chi connectivity index (χ3v) is 5.16. The Kier molecular flexibility index (Phi) is 6.81. The van der Waals surface area contributed by atoms with Crippen molar-refractivity contribution in [1.29, 1.82) is 0 Å². The number of aromatic nitrogens is 3. The number of hydrogen-bond donors (Lipinski definition) is 2. The molecule has 1 heterocycles. The molecule has 7 heteroatoms. The Morgan fingerprint density at radius 2 is 1.93 bits per heavy atom. The van der Waals surface area contributed by atoms with E-state index in [-0.39, 0.29) is 17.5 Å². The summed E-state index contributed by atoms with van der Waals surface area (Å²) >= 11 is 1.21. The molecule has 0 saturated carbocycles.